The van der Waals surface area contributed by atoms with Crippen LogP contribution in [0.2, 0.25) is 0 Å². The van der Waals surface area contributed by atoms with Gasteiger partial charge in [0.05, 0.1) is 49.3 Å². The van der Waals surface area contributed by atoms with Gasteiger partial charge in [-0.05, 0) is 80.5 Å². The van der Waals surface area contributed by atoms with Crippen LogP contribution in [0.25, 0.3) is 16.8 Å². The van der Waals surface area contributed by atoms with Gasteiger partial charge in [-0.1, -0.05) is 30.9 Å². The molecule has 4 heterocycles. The van der Waals surface area contributed by atoms with Crippen molar-refractivity contribution >= 4 is 56.3 Å². The quantitative estimate of drug-likeness (QED) is 0.264. The predicted octanol–water partition coefficient (Wildman–Crippen LogP) is 3.89. The molecule has 1 saturated heterocycles. The number of nitrogens with one attached hydrogen (secondary N) is 1. The van der Waals surface area contributed by atoms with Crippen molar-refractivity contribution in [3.63, 3.8) is 0 Å². The van der Waals surface area contributed by atoms with E-state index in [1.165, 1.54) is 15.9 Å². The van der Waals surface area contributed by atoms with Crippen molar-refractivity contribution in [2.45, 2.75) is 81.6 Å². The Morgan fingerprint density at radius 3 is 2.68 bits per heavy atom. The molecule has 1 aromatic heterocycles. The van der Waals surface area contributed by atoms with Crippen molar-refractivity contribution in [2.75, 3.05) is 33.4 Å². The maximum atomic E-state index is 14.8. The second-order valence-electron chi connectivity index (χ2n) is 15.4. The van der Waals surface area contributed by atoms with Gasteiger partial charge in [-0.2, -0.15) is 0 Å². The Kier molecular flexibility index (Phi) is 11.3. The van der Waals surface area contributed by atoms with Gasteiger partial charge in [-0.15, -0.1) is 0 Å². The second kappa shape index (κ2) is 16.2. The number of benzene rings is 1. The first kappa shape index (κ1) is 39.2. The fourth-order valence-electron chi connectivity index (χ4n) is 8.10. The van der Waals surface area contributed by atoms with E-state index in [1.54, 1.807) is 13.3 Å². The number of ketones is 1. The number of ether oxygens (including phenoxy) is 3. The molecule has 1 aromatic carbocycles. The summed E-state index contributed by atoms with van der Waals surface area (Å²) < 4.78 is 45.9. The highest BCUT2D eigenvalue weighted by Crippen LogP contribution is 2.57. The number of hydrogen-bond acceptors (Lipinski definition) is 11. The van der Waals surface area contributed by atoms with Crippen LogP contribution in [0.3, 0.4) is 0 Å². The smallest absolute Gasteiger partial charge is 0.306 e. The third-order valence-corrected chi connectivity index (χ3v) is 13.3. The van der Waals surface area contributed by atoms with Crippen molar-refractivity contribution in [1.82, 2.24) is 19.5 Å². The fraction of sp³-hybridized carbons (Fsp3) is 0.512. The number of Topliss-reactive ketones (excluding diaryl/α,β-unsaturated/α-hetero) is 1. The first-order valence-corrected chi connectivity index (χ1v) is 20.9. The highest BCUT2D eigenvalue weighted by molar-refractivity contribution is 7.90. The van der Waals surface area contributed by atoms with E-state index in [0.717, 1.165) is 10.9 Å². The van der Waals surface area contributed by atoms with Crippen molar-refractivity contribution in [3.05, 3.63) is 60.8 Å². The van der Waals surface area contributed by atoms with Gasteiger partial charge in [0.1, 0.15) is 11.9 Å². The third kappa shape index (κ3) is 8.37. The van der Waals surface area contributed by atoms with Crippen LogP contribution in [0.1, 0.15) is 69.8 Å². The van der Waals surface area contributed by atoms with Gasteiger partial charge in [-0.3, -0.25) is 28.7 Å². The average Bonchev–Trinajstić information content (AvgIpc) is 4.10. The number of hydrogen-bond donors (Lipinski definition) is 1. The molecule has 0 unspecified atom stereocenters. The van der Waals surface area contributed by atoms with Crippen LogP contribution in [0, 0.1) is 17.3 Å². The van der Waals surface area contributed by atoms with Crippen LogP contribution < -0.4 is 14.2 Å². The molecule has 2 aromatic rings. The number of methoxy groups -OCH3 is 1. The summed E-state index contributed by atoms with van der Waals surface area (Å²) in [5.74, 6) is -3.25. The number of carbonyl (C=O) groups is 5. The number of cyclic esters (lactones) is 1. The summed E-state index contributed by atoms with van der Waals surface area (Å²) in [7, 11) is -2.31. The number of rotatable bonds is 5. The number of sulfonamides is 1. The minimum Gasteiger partial charge on any atom is -0.496 e. The zero-order valence-electron chi connectivity index (χ0n) is 31.5. The molecule has 15 heteroatoms. The molecule has 5 aliphatic rings. The van der Waals surface area contributed by atoms with Crippen molar-refractivity contribution in [3.8, 4) is 11.6 Å². The first-order chi connectivity index (χ1) is 26.9. The summed E-state index contributed by atoms with van der Waals surface area (Å²) in [5.41, 5.74) is -0.536. The lowest BCUT2D eigenvalue weighted by atomic mass is 9.91. The van der Waals surface area contributed by atoms with E-state index in [2.05, 4.69) is 16.3 Å². The first-order valence-electron chi connectivity index (χ1n) is 19.3. The Balaban J connectivity index is 1.28. The Labute approximate surface area is 326 Å². The van der Waals surface area contributed by atoms with Gasteiger partial charge in [0, 0.05) is 43.1 Å². The molecule has 14 nitrogen and oxygen atoms in total. The van der Waals surface area contributed by atoms with Gasteiger partial charge in [0.15, 0.2) is 5.78 Å². The lowest BCUT2D eigenvalue weighted by Crippen LogP contribution is -2.49. The summed E-state index contributed by atoms with van der Waals surface area (Å²) in [6.07, 6.45) is 12.4. The number of fused-ring (bicyclic) bond motifs is 4. The molecule has 2 aliphatic carbocycles. The third-order valence-electron chi connectivity index (χ3n) is 11.5. The minimum absolute atomic E-state index is 0.0459. The number of carbonyl (C=O) groups excluding carboxylic acids is 5. The highest BCUT2D eigenvalue weighted by atomic mass is 32.2. The summed E-state index contributed by atoms with van der Waals surface area (Å²) in [4.78, 5) is 77.1. The fourth-order valence-corrected chi connectivity index (χ4v) is 9.49. The van der Waals surface area contributed by atoms with Crippen LogP contribution in [0.5, 0.6) is 11.6 Å². The molecule has 2 saturated carbocycles. The van der Waals surface area contributed by atoms with Crippen molar-refractivity contribution < 1.29 is 46.6 Å². The molecule has 7 rings (SSSR count). The van der Waals surface area contributed by atoms with Crippen LogP contribution >= 0.6 is 0 Å². The molecule has 3 fully saturated rings. The molecule has 0 radical (unpaired) electrons. The summed E-state index contributed by atoms with van der Waals surface area (Å²) >= 11 is 0. The van der Waals surface area contributed by atoms with E-state index < -0.39 is 74.1 Å². The summed E-state index contributed by atoms with van der Waals surface area (Å²) in [6, 6.07) is 4.54. The number of allylic oxidation sites excluding steroid dienone is 3. The maximum Gasteiger partial charge on any atom is 0.306 e. The topological polar surface area (TPSA) is 179 Å². The number of aromatic nitrogens is 1. The Morgan fingerprint density at radius 2 is 1.91 bits per heavy atom. The van der Waals surface area contributed by atoms with E-state index in [4.69, 9.17) is 14.2 Å². The van der Waals surface area contributed by atoms with E-state index in [0.29, 0.717) is 55.5 Å². The SMILES string of the molecule is C=CC(=O)N1CCC/C=C\[C@@H]2C[C@@]2(C(=O)NS(=O)(=O)C2CC2)CC(=O)[C@@H]2C[C@@H]3CN2C(=O)[C@@H](CC(=O)OCCC/C=C/c2cc4c(nccc4cc2OC)O3)C1. The van der Waals surface area contributed by atoms with Crippen molar-refractivity contribution in [1.29, 1.82) is 0 Å². The van der Waals surface area contributed by atoms with Crippen LogP contribution in [-0.4, -0.2) is 103 Å². The minimum atomic E-state index is -3.89. The van der Waals surface area contributed by atoms with Crippen LogP contribution in [0.4, 0.5) is 0 Å². The number of pyridine rings is 1. The lowest BCUT2D eigenvalue weighted by molar-refractivity contribution is -0.151. The molecule has 1 N–H and O–H groups in total. The highest BCUT2D eigenvalue weighted by Gasteiger charge is 2.61. The standard InChI is InChI=1S/C41H48N4O10S/c1-3-36(47)44-16-8-4-7-11-29-22-41(29,40(50)43-56(51,52)31-12-13-31)23-34(46)33-21-30-25-45(33)39(49)28(24-44)20-37(48)54-17-9-5-6-10-27-18-32-26(19-35(27)53-2)14-15-42-38(32)55-30/h3,6-7,10-11,14-15,18-19,28-31,33H,1,4-5,8-9,12-13,16-17,20-25H2,2H3,(H,43,50)/b10-6+,11-7-/t28-,29+,30+,33-,41+/m0/s1. The van der Waals surface area contributed by atoms with Gasteiger partial charge in [0.2, 0.25) is 33.6 Å². The van der Waals surface area contributed by atoms with Gasteiger partial charge < -0.3 is 24.0 Å². The number of nitrogens with zero attached hydrogens (tertiary/aromatic N) is 3. The largest absolute Gasteiger partial charge is 0.496 e. The molecule has 3 aliphatic heterocycles. The molecule has 56 heavy (non-hydrogen) atoms. The van der Waals surface area contributed by atoms with Gasteiger partial charge in [0.25, 0.3) is 0 Å². The number of amides is 3. The van der Waals surface area contributed by atoms with Crippen LogP contribution in [0.15, 0.2) is 55.3 Å². The number of esters is 1. The summed E-state index contributed by atoms with van der Waals surface area (Å²) in [5, 5.41) is 0.870. The molecule has 298 valence electrons. The zero-order valence-corrected chi connectivity index (χ0v) is 32.3. The Bertz CT molecular complexity index is 2100. The van der Waals surface area contributed by atoms with E-state index in [-0.39, 0.29) is 51.9 Å². The van der Waals surface area contributed by atoms with Gasteiger partial charge >= 0.3 is 5.97 Å². The average molecular weight is 789 g/mol. The van der Waals surface area contributed by atoms with Crippen molar-refractivity contribution in [2.24, 2.45) is 17.3 Å². The maximum absolute atomic E-state index is 14.8. The summed E-state index contributed by atoms with van der Waals surface area (Å²) in [6.45, 7) is 3.85. The zero-order chi connectivity index (χ0) is 39.6. The van der Waals surface area contributed by atoms with Crippen LogP contribution in [-0.2, 0) is 38.7 Å². The molecule has 0 spiro atoms. The van der Waals surface area contributed by atoms with E-state index in [1.807, 2.05) is 42.5 Å². The normalized spacial score (nSPS) is 28.8. The lowest BCUT2D eigenvalue weighted by Gasteiger charge is -2.31. The molecular formula is C41H48N4O10S. The molecule has 5 bridgehead atoms. The predicted molar refractivity (Wildman–Crippen MR) is 206 cm³/mol. The Hall–Kier alpha value is -5.05. The molecular weight excluding hydrogens is 741 g/mol. The molecule has 5 atom stereocenters. The Morgan fingerprint density at radius 1 is 1.11 bits per heavy atom. The monoisotopic (exact) mass is 788 g/mol. The van der Waals surface area contributed by atoms with E-state index >= 15 is 0 Å². The second-order valence-corrected chi connectivity index (χ2v) is 17.4. The van der Waals surface area contributed by atoms with E-state index in [9.17, 15) is 32.4 Å². The molecule has 3 amide bonds. The van der Waals surface area contributed by atoms with Gasteiger partial charge in [-0.25, -0.2) is 13.4 Å².